The third kappa shape index (κ3) is 6.50. The molecule has 0 aliphatic rings. The lowest BCUT2D eigenvalue weighted by atomic mass is 10.1. The van der Waals surface area contributed by atoms with Crippen LogP contribution in [0, 0.1) is 13.8 Å². The first-order valence-corrected chi connectivity index (χ1v) is 9.50. The van der Waals surface area contributed by atoms with Gasteiger partial charge in [0.1, 0.15) is 12.4 Å². The highest BCUT2D eigenvalue weighted by atomic mass is 16.5. The lowest BCUT2D eigenvalue weighted by Crippen LogP contribution is -2.26. The van der Waals surface area contributed by atoms with Crippen molar-refractivity contribution in [2.24, 2.45) is 5.10 Å². The number of carbonyl (C=O) groups excluding carboxylic acids is 1. The van der Waals surface area contributed by atoms with Gasteiger partial charge in [0.05, 0.1) is 12.8 Å². The van der Waals surface area contributed by atoms with Gasteiger partial charge in [-0.15, -0.1) is 0 Å². The summed E-state index contributed by atoms with van der Waals surface area (Å²) >= 11 is 0. The Morgan fingerprint density at radius 3 is 2.48 bits per heavy atom. The Bertz CT molecular complexity index is 967. The minimum Gasteiger partial charge on any atom is -0.489 e. The number of nitrogens with one attached hydrogen (secondary N) is 2. The van der Waals surface area contributed by atoms with Crippen LogP contribution in [0.2, 0.25) is 0 Å². The fourth-order valence-electron chi connectivity index (χ4n) is 2.80. The van der Waals surface area contributed by atoms with Crippen LogP contribution in [-0.2, 0) is 11.4 Å². The molecule has 0 unspecified atom stereocenters. The van der Waals surface area contributed by atoms with Crippen LogP contribution in [0.1, 0.15) is 22.3 Å². The van der Waals surface area contributed by atoms with Crippen LogP contribution < -0.4 is 15.5 Å². The van der Waals surface area contributed by atoms with Crippen LogP contribution in [0.3, 0.4) is 0 Å². The first-order valence-electron chi connectivity index (χ1n) is 9.50. The maximum Gasteiger partial charge on any atom is 0.259 e. The molecule has 0 bridgehead atoms. The molecule has 3 rings (SSSR count). The van der Waals surface area contributed by atoms with Crippen molar-refractivity contribution < 1.29 is 9.53 Å². The molecule has 0 saturated heterocycles. The van der Waals surface area contributed by atoms with Crippen molar-refractivity contribution >= 4 is 17.8 Å². The van der Waals surface area contributed by atoms with Crippen molar-refractivity contribution in [1.29, 1.82) is 0 Å². The van der Waals surface area contributed by atoms with Crippen LogP contribution in [0.15, 0.2) is 77.9 Å². The molecule has 3 aromatic rings. The summed E-state index contributed by atoms with van der Waals surface area (Å²) in [5.41, 5.74) is 7.77. The predicted octanol–water partition coefficient (Wildman–Crippen LogP) is 4.44. The Kier molecular flexibility index (Phi) is 7.00. The van der Waals surface area contributed by atoms with Crippen molar-refractivity contribution in [3.63, 3.8) is 0 Å². The Morgan fingerprint density at radius 1 is 1.00 bits per heavy atom. The maximum atomic E-state index is 12.0. The first kappa shape index (κ1) is 20.1. The summed E-state index contributed by atoms with van der Waals surface area (Å²) in [6, 6.07) is 23.6. The number of rotatable bonds is 8. The number of carbonyl (C=O) groups is 1. The van der Waals surface area contributed by atoms with Crippen molar-refractivity contribution in [2.75, 3.05) is 11.9 Å². The second kappa shape index (κ2) is 10.1. The number of amides is 1. The SMILES string of the molecule is Cc1ccc(NCC(=O)N/N=C\c2ccc(OCc3ccccc3)cc2)c(C)c1. The van der Waals surface area contributed by atoms with E-state index in [0.717, 1.165) is 28.1 Å². The summed E-state index contributed by atoms with van der Waals surface area (Å²) in [6.07, 6.45) is 1.61. The molecule has 1 amide bonds. The van der Waals surface area contributed by atoms with E-state index in [2.05, 4.69) is 21.9 Å². The lowest BCUT2D eigenvalue weighted by molar-refractivity contribution is -0.119. The van der Waals surface area contributed by atoms with Gasteiger partial charge in [0, 0.05) is 5.69 Å². The Balaban J connectivity index is 1.43. The fourth-order valence-corrected chi connectivity index (χ4v) is 2.80. The molecule has 2 N–H and O–H groups in total. The van der Waals surface area contributed by atoms with E-state index >= 15 is 0 Å². The third-order valence-corrected chi connectivity index (χ3v) is 4.35. The minimum absolute atomic E-state index is 0.160. The highest BCUT2D eigenvalue weighted by molar-refractivity contribution is 5.84. The van der Waals surface area contributed by atoms with Gasteiger partial charge in [0.15, 0.2) is 0 Å². The van der Waals surface area contributed by atoms with E-state index in [4.69, 9.17) is 4.74 Å². The van der Waals surface area contributed by atoms with E-state index in [1.807, 2.05) is 80.6 Å². The van der Waals surface area contributed by atoms with Gasteiger partial charge in [0.25, 0.3) is 5.91 Å². The molecule has 0 aliphatic carbocycles. The summed E-state index contributed by atoms with van der Waals surface area (Å²) in [7, 11) is 0. The summed E-state index contributed by atoms with van der Waals surface area (Å²) in [5, 5.41) is 7.13. The normalized spacial score (nSPS) is 10.7. The molecule has 148 valence electrons. The summed E-state index contributed by atoms with van der Waals surface area (Å²) in [6.45, 7) is 4.74. The molecule has 0 aromatic heterocycles. The second-order valence-corrected chi connectivity index (χ2v) is 6.81. The highest BCUT2D eigenvalue weighted by Gasteiger charge is 2.02. The Labute approximate surface area is 171 Å². The van der Waals surface area contributed by atoms with Crippen LogP contribution >= 0.6 is 0 Å². The molecular formula is C24H25N3O2. The molecule has 0 saturated carbocycles. The summed E-state index contributed by atoms with van der Waals surface area (Å²) in [5.74, 6) is 0.580. The van der Waals surface area contributed by atoms with Crippen molar-refractivity contribution in [3.05, 3.63) is 95.1 Å². The number of ether oxygens (including phenoxy) is 1. The van der Waals surface area contributed by atoms with E-state index in [9.17, 15) is 4.79 Å². The number of hydrazone groups is 1. The molecule has 5 nitrogen and oxygen atoms in total. The number of nitrogens with zero attached hydrogens (tertiary/aromatic N) is 1. The van der Waals surface area contributed by atoms with Crippen molar-refractivity contribution in [2.45, 2.75) is 20.5 Å². The third-order valence-electron chi connectivity index (χ3n) is 4.35. The molecule has 3 aromatic carbocycles. The van der Waals surface area contributed by atoms with Gasteiger partial charge in [-0.25, -0.2) is 5.43 Å². The fraction of sp³-hybridized carbons (Fsp3) is 0.167. The summed E-state index contributed by atoms with van der Waals surface area (Å²) < 4.78 is 5.76. The molecule has 0 heterocycles. The number of hydrogen-bond donors (Lipinski definition) is 2. The molecule has 29 heavy (non-hydrogen) atoms. The van der Waals surface area contributed by atoms with Gasteiger partial charge in [0.2, 0.25) is 0 Å². The average Bonchev–Trinajstić information content (AvgIpc) is 2.73. The van der Waals surface area contributed by atoms with Gasteiger partial charge in [-0.3, -0.25) is 4.79 Å². The van der Waals surface area contributed by atoms with Crippen LogP contribution in [-0.4, -0.2) is 18.7 Å². The molecule has 0 radical (unpaired) electrons. The van der Waals surface area contributed by atoms with Gasteiger partial charge in [-0.05, 0) is 60.9 Å². The van der Waals surface area contributed by atoms with Crippen molar-refractivity contribution in [3.8, 4) is 5.75 Å². The molecular weight excluding hydrogens is 362 g/mol. The van der Waals surface area contributed by atoms with Gasteiger partial charge < -0.3 is 10.1 Å². The average molecular weight is 387 g/mol. The van der Waals surface area contributed by atoms with Gasteiger partial charge in [-0.1, -0.05) is 48.0 Å². The Morgan fingerprint density at radius 2 is 1.76 bits per heavy atom. The molecule has 0 atom stereocenters. The first-order chi connectivity index (χ1) is 14.1. The van der Waals surface area contributed by atoms with Crippen molar-refractivity contribution in [1.82, 2.24) is 5.43 Å². The highest BCUT2D eigenvalue weighted by Crippen LogP contribution is 2.15. The zero-order valence-corrected chi connectivity index (χ0v) is 16.7. The number of hydrogen-bond acceptors (Lipinski definition) is 4. The van der Waals surface area contributed by atoms with E-state index in [1.54, 1.807) is 6.21 Å². The maximum absolute atomic E-state index is 12.0. The van der Waals surface area contributed by atoms with E-state index in [0.29, 0.717) is 6.61 Å². The molecule has 0 fully saturated rings. The smallest absolute Gasteiger partial charge is 0.259 e. The molecule has 0 aliphatic heterocycles. The monoisotopic (exact) mass is 387 g/mol. The summed E-state index contributed by atoms with van der Waals surface area (Å²) in [4.78, 5) is 12.0. The zero-order valence-electron chi connectivity index (χ0n) is 16.7. The van der Waals surface area contributed by atoms with Crippen LogP contribution in [0.25, 0.3) is 0 Å². The number of benzene rings is 3. The standard InChI is InChI=1S/C24H25N3O2/c1-18-8-13-23(19(2)14-18)25-16-24(28)27-26-15-20-9-11-22(12-10-20)29-17-21-6-4-3-5-7-21/h3-15,25H,16-17H2,1-2H3,(H,27,28)/b26-15-. The van der Waals surface area contributed by atoms with E-state index in [1.165, 1.54) is 5.56 Å². The number of aryl methyl sites for hydroxylation is 2. The van der Waals surface area contributed by atoms with Crippen LogP contribution in [0.5, 0.6) is 5.75 Å². The second-order valence-electron chi connectivity index (χ2n) is 6.81. The minimum atomic E-state index is -0.205. The largest absolute Gasteiger partial charge is 0.489 e. The quantitative estimate of drug-likeness (QED) is 0.444. The van der Waals surface area contributed by atoms with Gasteiger partial charge in [-0.2, -0.15) is 5.10 Å². The van der Waals surface area contributed by atoms with Gasteiger partial charge >= 0.3 is 0 Å². The molecule has 0 spiro atoms. The molecule has 5 heteroatoms. The Hall–Kier alpha value is -3.60. The van der Waals surface area contributed by atoms with Crippen LogP contribution in [0.4, 0.5) is 5.69 Å². The number of anilines is 1. The van der Waals surface area contributed by atoms with E-state index < -0.39 is 0 Å². The lowest BCUT2D eigenvalue weighted by Gasteiger charge is -2.09. The topological polar surface area (TPSA) is 62.7 Å². The van der Waals surface area contributed by atoms with E-state index in [-0.39, 0.29) is 12.5 Å². The predicted molar refractivity (Wildman–Crippen MR) is 117 cm³/mol. The zero-order chi connectivity index (χ0) is 20.5.